The van der Waals surface area contributed by atoms with Crippen molar-refractivity contribution in [3.8, 4) is 0 Å². The summed E-state index contributed by atoms with van der Waals surface area (Å²) >= 11 is 0. The van der Waals surface area contributed by atoms with Crippen molar-refractivity contribution in [2.45, 2.75) is 72.9 Å². The Morgan fingerprint density at radius 1 is 0.750 bits per heavy atom. The summed E-state index contributed by atoms with van der Waals surface area (Å²) in [7, 11) is 0. The molecule has 2 heteroatoms. The number of hydrogen-bond acceptors (Lipinski definition) is 2. The molecule has 0 aromatic rings. The molecular formula is C14H32N2. The maximum absolute atomic E-state index is 3.68. The van der Waals surface area contributed by atoms with Crippen molar-refractivity contribution in [3.63, 3.8) is 0 Å². The zero-order valence-electron chi connectivity index (χ0n) is 12.6. The van der Waals surface area contributed by atoms with E-state index in [1.165, 1.54) is 6.42 Å². The summed E-state index contributed by atoms with van der Waals surface area (Å²) in [6, 6.07) is 0. The molecule has 0 aliphatic heterocycles. The number of hydrogen-bond donors (Lipinski definition) is 2. The highest BCUT2D eigenvalue weighted by Gasteiger charge is 2.27. The van der Waals surface area contributed by atoms with Crippen LogP contribution in [0.2, 0.25) is 0 Å². The monoisotopic (exact) mass is 228 g/mol. The first-order chi connectivity index (χ1) is 6.97. The standard InChI is InChI=1S/C14H32N2/c1-9-15-14(7,8)11-16-13(5,6)10-12(2,3)4/h15-16H,9-11H2,1-8H3. The van der Waals surface area contributed by atoms with Crippen molar-refractivity contribution in [1.29, 1.82) is 0 Å². The van der Waals surface area contributed by atoms with Crippen molar-refractivity contribution < 1.29 is 0 Å². The van der Waals surface area contributed by atoms with Crippen LogP contribution in [0.3, 0.4) is 0 Å². The van der Waals surface area contributed by atoms with Crippen molar-refractivity contribution >= 4 is 0 Å². The smallest absolute Gasteiger partial charge is 0.0249 e. The van der Waals surface area contributed by atoms with E-state index >= 15 is 0 Å². The lowest BCUT2D eigenvalue weighted by Crippen LogP contribution is -2.53. The van der Waals surface area contributed by atoms with E-state index in [0.717, 1.165) is 13.1 Å². The summed E-state index contributed by atoms with van der Waals surface area (Å²) in [6.07, 6.45) is 1.18. The lowest BCUT2D eigenvalue weighted by molar-refractivity contribution is 0.222. The van der Waals surface area contributed by atoms with Gasteiger partial charge in [-0.15, -0.1) is 0 Å². The molecule has 16 heavy (non-hydrogen) atoms. The molecule has 0 spiro atoms. The normalized spacial score (nSPS) is 14.2. The fraction of sp³-hybridized carbons (Fsp3) is 1.00. The van der Waals surface area contributed by atoms with Crippen molar-refractivity contribution in [3.05, 3.63) is 0 Å². The molecule has 0 amide bonds. The maximum Gasteiger partial charge on any atom is 0.0249 e. The van der Waals surface area contributed by atoms with Gasteiger partial charge in [0.2, 0.25) is 0 Å². The summed E-state index contributed by atoms with van der Waals surface area (Å²) in [6.45, 7) is 20.2. The summed E-state index contributed by atoms with van der Waals surface area (Å²) in [4.78, 5) is 0. The Bertz CT molecular complexity index is 199. The van der Waals surface area contributed by atoms with Gasteiger partial charge >= 0.3 is 0 Å². The van der Waals surface area contributed by atoms with Crippen molar-refractivity contribution in [1.82, 2.24) is 10.6 Å². The zero-order valence-corrected chi connectivity index (χ0v) is 12.6. The molecule has 0 aliphatic rings. The van der Waals surface area contributed by atoms with E-state index in [1.807, 2.05) is 0 Å². The third-order valence-electron chi connectivity index (χ3n) is 2.64. The van der Waals surface area contributed by atoms with Crippen LogP contribution >= 0.6 is 0 Å². The van der Waals surface area contributed by atoms with Gasteiger partial charge in [-0.3, -0.25) is 0 Å². The third-order valence-corrected chi connectivity index (χ3v) is 2.64. The molecule has 0 atom stereocenters. The molecule has 0 bridgehead atoms. The predicted octanol–water partition coefficient (Wildman–Crippen LogP) is 3.18. The number of likely N-dealkylation sites (N-methyl/N-ethyl adjacent to an activating group) is 1. The van der Waals surface area contributed by atoms with E-state index < -0.39 is 0 Å². The summed E-state index contributed by atoms with van der Waals surface area (Å²) in [5, 5.41) is 7.17. The van der Waals surface area contributed by atoms with Gasteiger partial charge in [-0.2, -0.15) is 0 Å². The zero-order chi connectivity index (χ0) is 13.0. The molecule has 98 valence electrons. The fourth-order valence-electron chi connectivity index (χ4n) is 2.39. The number of nitrogens with one attached hydrogen (secondary N) is 2. The number of rotatable bonds is 6. The Hall–Kier alpha value is -0.0800. The largest absolute Gasteiger partial charge is 0.311 e. The van der Waals surface area contributed by atoms with E-state index in [1.54, 1.807) is 0 Å². The summed E-state index contributed by atoms with van der Waals surface area (Å²) < 4.78 is 0. The van der Waals surface area contributed by atoms with Gasteiger partial charge in [0.05, 0.1) is 0 Å². The van der Waals surface area contributed by atoms with Gasteiger partial charge in [0.15, 0.2) is 0 Å². The molecule has 2 N–H and O–H groups in total. The van der Waals surface area contributed by atoms with Crippen molar-refractivity contribution in [2.24, 2.45) is 5.41 Å². The second kappa shape index (κ2) is 5.50. The molecule has 0 aliphatic carbocycles. The minimum atomic E-state index is 0.171. The summed E-state index contributed by atoms with van der Waals surface area (Å²) in [5.74, 6) is 0. The SMILES string of the molecule is CCNC(C)(C)CNC(C)(C)CC(C)(C)C. The van der Waals surface area contributed by atoms with E-state index in [9.17, 15) is 0 Å². The van der Waals surface area contributed by atoms with Crippen molar-refractivity contribution in [2.75, 3.05) is 13.1 Å². The average Bonchev–Trinajstić information content (AvgIpc) is 1.97. The van der Waals surface area contributed by atoms with Gasteiger partial charge in [-0.1, -0.05) is 27.7 Å². The molecule has 2 nitrogen and oxygen atoms in total. The molecule has 0 saturated heterocycles. The summed E-state index contributed by atoms with van der Waals surface area (Å²) in [5.41, 5.74) is 0.744. The van der Waals surface area contributed by atoms with Crippen LogP contribution in [-0.4, -0.2) is 24.2 Å². The van der Waals surface area contributed by atoms with Crippen LogP contribution in [0.25, 0.3) is 0 Å². The second-order valence-electron chi connectivity index (χ2n) is 7.39. The highest BCUT2D eigenvalue weighted by atomic mass is 15.0. The first-order valence-electron chi connectivity index (χ1n) is 6.47. The third kappa shape index (κ3) is 8.12. The van der Waals surface area contributed by atoms with Gasteiger partial charge in [0.1, 0.15) is 0 Å². The van der Waals surface area contributed by atoms with Gasteiger partial charge in [0, 0.05) is 17.6 Å². The van der Waals surface area contributed by atoms with Crippen LogP contribution < -0.4 is 10.6 Å². The molecule has 0 rings (SSSR count). The van der Waals surface area contributed by atoms with Crippen LogP contribution in [0.5, 0.6) is 0 Å². The maximum atomic E-state index is 3.68. The second-order valence-corrected chi connectivity index (χ2v) is 7.39. The highest BCUT2D eigenvalue weighted by Crippen LogP contribution is 2.26. The molecule has 0 radical (unpaired) electrons. The van der Waals surface area contributed by atoms with E-state index in [0.29, 0.717) is 5.41 Å². The Labute approximate surface area is 103 Å². The van der Waals surface area contributed by atoms with Crippen LogP contribution in [0.4, 0.5) is 0 Å². The quantitative estimate of drug-likeness (QED) is 0.729. The predicted molar refractivity (Wildman–Crippen MR) is 73.9 cm³/mol. The Balaban J connectivity index is 4.18. The molecule has 0 unspecified atom stereocenters. The fourth-order valence-corrected chi connectivity index (χ4v) is 2.39. The van der Waals surface area contributed by atoms with E-state index in [2.05, 4.69) is 66.0 Å². The van der Waals surface area contributed by atoms with Crippen LogP contribution in [-0.2, 0) is 0 Å². The Morgan fingerprint density at radius 2 is 1.25 bits per heavy atom. The average molecular weight is 228 g/mol. The molecule has 0 aromatic heterocycles. The Kier molecular flexibility index (Phi) is 5.48. The van der Waals surface area contributed by atoms with Gasteiger partial charge in [-0.05, 0) is 46.1 Å². The van der Waals surface area contributed by atoms with Gasteiger partial charge in [0.25, 0.3) is 0 Å². The first kappa shape index (κ1) is 15.9. The molecule has 0 saturated carbocycles. The first-order valence-corrected chi connectivity index (χ1v) is 6.47. The molecule has 0 aromatic carbocycles. The molecular weight excluding hydrogens is 196 g/mol. The van der Waals surface area contributed by atoms with Crippen LogP contribution in [0.1, 0.15) is 61.8 Å². The molecule has 0 heterocycles. The minimum Gasteiger partial charge on any atom is -0.311 e. The topological polar surface area (TPSA) is 24.1 Å². The van der Waals surface area contributed by atoms with E-state index in [-0.39, 0.29) is 11.1 Å². The lowest BCUT2D eigenvalue weighted by Gasteiger charge is -2.37. The minimum absolute atomic E-state index is 0.171. The van der Waals surface area contributed by atoms with Gasteiger partial charge in [-0.25, -0.2) is 0 Å². The van der Waals surface area contributed by atoms with Gasteiger partial charge < -0.3 is 10.6 Å². The molecule has 0 fully saturated rings. The highest BCUT2D eigenvalue weighted by molar-refractivity contribution is 4.88. The Morgan fingerprint density at radius 3 is 1.62 bits per heavy atom. The van der Waals surface area contributed by atoms with Crippen LogP contribution in [0.15, 0.2) is 0 Å². The van der Waals surface area contributed by atoms with Crippen LogP contribution in [0, 0.1) is 5.41 Å². The van der Waals surface area contributed by atoms with E-state index in [4.69, 9.17) is 0 Å². The lowest BCUT2D eigenvalue weighted by atomic mass is 9.81.